The van der Waals surface area contributed by atoms with Crippen molar-refractivity contribution < 1.29 is 0 Å². The topological polar surface area (TPSA) is 24.1 Å². The third kappa shape index (κ3) is 6.02. The van der Waals surface area contributed by atoms with Crippen molar-refractivity contribution in [1.82, 2.24) is 5.32 Å². The summed E-state index contributed by atoms with van der Waals surface area (Å²) in [5.74, 6) is 1.78. The first-order valence-corrected chi connectivity index (χ1v) is 14.3. The minimum Gasteiger partial charge on any atom is -0.359 e. The zero-order chi connectivity index (χ0) is 25.6. The van der Waals surface area contributed by atoms with Crippen LogP contribution < -0.4 is 10.6 Å². The molecule has 0 aromatic heterocycles. The molecule has 0 heterocycles. The fraction of sp³-hybridized carbons (Fsp3) is 0.278. The molecule has 38 heavy (non-hydrogen) atoms. The molecular weight excluding hydrogens is 460 g/mol. The van der Waals surface area contributed by atoms with Crippen molar-refractivity contribution in [3.05, 3.63) is 144 Å². The van der Waals surface area contributed by atoms with Gasteiger partial charge in [-0.3, -0.25) is 0 Å². The number of anilines is 1. The van der Waals surface area contributed by atoms with Gasteiger partial charge in [0, 0.05) is 22.8 Å². The van der Waals surface area contributed by atoms with E-state index in [1.54, 1.807) is 0 Å². The molecule has 0 saturated carbocycles. The van der Waals surface area contributed by atoms with Crippen molar-refractivity contribution >= 4 is 11.3 Å². The van der Waals surface area contributed by atoms with E-state index in [0.717, 1.165) is 44.2 Å². The third-order valence-corrected chi connectivity index (χ3v) is 8.30. The normalized spacial score (nSPS) is 24.7. The molecule has 2 aromatic carbocycles. The number of nitrogens with one attached hydrogen (secondary N) is 2. The summed E-state index contributed by atoms with van der Waals surface area (Å²) in [6.07, 6.45) is 31.3. The predicted octanol–water partition coefficient (Wildman–Crippen LogP) is 9.19. The van der Waals surface area contributed by atoms with Crippen LogP contribution in [0.25, 0.3) is 5.57 Å². The lowest BCUT2D eigenvalue weighted by molar-refractivity contribution is 0.473. The van der Waals surface area contributed by atoms with E-state index < -0.39 is 0 Å². The smallest absolute Gasteiger partial charge is 0.0384 e. The van der Waals surface area contributed by atoms with E-state index >= 15 is 0 Å². The summed E-state index contributed by atoms with van der Waals surface area (Å²) < 4.78 is 0. The summed E-state index contributed by atoms with van der Waals surface area (Å²) in [6.45, 7) is 0. The van der Waals surface area contributed by atoms with Crippen LogP contribution in [0.3, 0.4) is 0 Å². The van der Waals surface area contributed by atoms with Gasteiger partial charge in [-0.2, -0.15) is 0 Å². The lowest BCUT2D eigenvalue weighted by Gasteiger charge is -2.27. The molecule has 0 aliphatic heterocycles. The zero-order valence-electron chi connectivity index (χ0n) is 22.2. The van der Waals surface area contributed by atoms with Crippen LogP contribution in [0.1, 0.15) is 62.0 Å². The van der Waals surface area contributed by atoms with Crippen LogP contribution in [-0.2, 0) is 0 Å². The number of allylic oxidation sites excluding steroid dienone is 12. The van der Waals surface area contributed by atoms with Crippen LogP contribution in [0.2, 0.25) is 0 Å². The molecule has 0 radical (unpaired) electrons. The first-order chi connectivity index (χ1) is 18.8. The van der Waals surface area contributed by atoms with Gasteiger partial charge < -0.3 is 10.6 Å². The van der Waals surface area contributed by atoms with Crippen LogP contribution in [0.15, 0.2) is 132 Å². The highest BCUT2D eigenvalue weighted by molar-refractivity contribution is 5.75. The zero-order valence-corrected chi connectivity index (χ0v) is 22.2. The van der Waals surface area contributed by atoms with E-state index in [0.29, 0.717) is 17.8 Å². The molecule has 0 bridgehead atoms. The largest absolute Gasteiger partial charge is 0.359 e. The Morgan fingerprint density at radius 3 is 1.97 bits per heavy atom. The highest BCUT2D eigenvalue weighted by Crippen LogP contribution is 2.33. The fourth-order valence-electron chi connectivity index (χ4n) is 6.00. The minimum absolute atomic E-state index is 0.558. The Kier molecular flexibility index (Phi) is 7.58. The lowest BCUT2D eigenvalue weighted by Crippen LogP contribution is -2.20. The second-order valence-corrected chi connectivity index (χ2v) is 10.9. The van der Waals surface area contributed by atoms with Crippen molar-refractivity contribution in [3.63, 3.8) is 0 Å². The summed E-state index contributed by atoms with van der Waals surface area (Å²) in [7, 11) is 0. The molecule has 2 N–H and O–H groups in total. The lowest BCUT2D eigenvalue weighted by atomic mass is 9.82. The summed E-state index contributed by atoms with van der Waals surface area (Å²) in [4.78, 5) is 0. The highest BCUT2D eigenvalue weighted by atomic mass is 14.9. The average molecular weight is 499 g/mol. The number of hydrogen-bond acceptors (Lipinski definition) is 2. The van der Waals surface area contributed by atoms with Crippen molar-refractivity contribution in [2.45, 2.75) is 50.9 Å². The standard InChI is InChI=1S/C36H38N2/c1-3-7-27(8-4-1)29-11-19-33(20-12-29)37-35-23-15-31(16-24-35)32-17-25-36(26-18-32)38-34-21-13-30(14-22-34)28-9-5-2-6-10-28/h1,3-5,7-10,13-15,17,19,21-26,29,31-32,37-38H,2,6,11-12,16,18,20H2/t29?,31-,32?/m1/s1. The molecule has 6 rings (SSSR count). The molecule has 2 heteroatoms. The molecule has 0 spiro atoms. The van der Waals surface area contributed by atoms with Gasteiger partial charge in [-0.15, -0.1) is 0 Å². The molecule has 2 unspecified atom stereocenters. The average Bonchev–Trinajstić information content (AvgIpc) is 3.00. The van der Waals surface area contributed by atoms with Gasteiger partial charge in [0.05, 0.1) is 0 Å². The highest BCUT2D eigenvalue weighted by Gasteiger charge is 2.21. The molecule has 4 aliphatic rings. The van der Waals surface area contributed by atoms with Gasteiger partial charge in [0.25, 0.3) is 0 Å². The summed E-state index contributed by atoms with van der Waals surface area (Å²) in [6, 6.07) is 19.8. The maximum absolute atomic E-state index is 3.70. The Morgan fingerprint density at radius 1 is 0.632 bits per heavy atom. The summed E-state index contributed by atoms with van der Waals surface area (Å²) in [5, 5.41) is 7.29. The summed E-state index contributed by atoms with van der Waals surface area (Å²) >= 11 is 0. The first-order valence-electron chi connectivity index (χ1n) is 14.3. The molecule has 192 valence electrons. The Morgan fingerprint density at radius 2 is 1.37 bits per heavy atom. The molecule has 0 amide bonds. The molecular formula is C36H38N2. The first kappa shape index (κ1) is 24.6. The molecule has 0 saturated heterocycles. The monoisotopic (exact) mass is 498 g/mol. The van der Waals surface area contributed by atoms with Crippen molar-refractivity contribution in [1.29, 1.82) is 0 Å². The van der Waals surface area contributed by atoms with Crippen LogP contribution in [0.5, 0.6) is 0 Å². The Balaban J connectivity index is 0.970. The van der Waals surface area contributed by atoms with Gasteiger partial charge in [0.2, 0.25) is 0 Å². The second-order valence-electron chi connectivity index (χ2n) is 10.9. The maximum atomic E-state index is 3.70. The van der Waals surface area contributed by atoms with Crippen molar-refractivity contribution in [3.8, 4) is 0 Å². The van der Waals surface area contributed by atoms with E-state index in [1.807, 2.05) is 0 Å². The van der Waals surface area contributed by atoms with E-state index in [1.165, 1.54) is 40.2 Å². The molecule has 0 fully saturated rings. The fourth-order valence-corrected chi connectivity index (χ4v) is 6.00. The van der Waals surface area contributed by atoms with Gasteiger partial charge in [-0.05, 0) is 104 Å². The van der Waals surface area contributed by atoms with Crippen molar-refractivity contribution in [2.75, 3.05) is 5.32 Å². The second kappa shape index (κ2) is 11.7. The SMILES string of the molecule is C1=CC(c2ccc(NC3=CCC([C@@H]4C=CC(NC5=CCC(c6ccccc6)CC5)=CC4)C=C3)cc2)=CCC1. The van der Waals surface area contributed by atoms with E-state index in [4.69, 9.17) is 0 Å². The van der Waals surface area contributed by atoms with E-state index in [-0.39, 0.29) is 0 Å². The molecule has 2 aromatic rings. The van der Waals surface area contributed by atoms with Crippen LogP contribution in [0, 0.1) is 11.8 Å². The number of hydrogen-bond donors (Lipinski definition) is 2. The number of benzene rings is 2. The van der Waals surface area contributed by atoms with E-state index in [9.17, 15) is 0 Å². The van der Waals surface area contributed by atoms with Gasteiger partial charge in [0.15, 0.2) is 0 Å². The van der Waals surface area contributed by atoms with Gasteiger partial charge in [-0.25, -0.2) is 0 Å². The Labute approximate surface area is 227 Å². The Bertz CT molecular complexity index is 1330. The van der Waals surface area contributed by atoms with Gasteiger partial charge >= 0.3 is 0 Å². The summed E-state index contributed by atoms with van der Waals surface area (Å²) in [5.41, 5.74) is 9.07. The molecule has 4 aliphatic carbocycles. The minimum atomic E-state index is 0.558. The molecule has 2 nitrogen and oxygen atoms in total. The maximum Gasteiger partial charge on any atom is 0.0384 e. The molecule has 3 atom stereocenters. The quantitative estimate of drug-likeness (QED) is 0.397. The van der Waals surface area contributed by atoms with E-state index in [2.05, 4.69) is 126 Å². The van der Waals surface area contributed by atoms with Crippen LogP contribution in [0.4, 0.5) is 5.69 Å². The predicted molar refractivity (Wildman–Crippen MR) is 161 cm³/mol. The Hall–Kier alpha value is -3.78. The third-order valence-electron chi connectivity index (χ3n) is 8.30. The number of rotatable bonds is 7. The van der Waals surface area contributed by atoms with Crippen molar-refractivity contribution in [2.24, 2.45) is 11.8 Å². The van der Waals surface area contributed by atoms with Gasteiger partial charge in [0.1, 0.15) is 0 Å². The van der Waals surface area contributed by atoms with Gasteiger partial charge in [-0.1, -0.05) is 91.1 Å². The van der Waals surface area contributed by atoms with Crippen LogP contribution in [-0.4, -0.2) is 0 Å². The van der Waals surface area contributed by atoms with Crippen LogP contribution >= 0.6 is 0 Å².